The Morgan fingerprint density at radius 1 is 1.32 bits per heavy atom. The highest BCUT2D eigenvalue weighted by Gasteiger charge is 2.29. The third-order valence-corrected chi connectivity index (χ3v) is 2.28. The summed E-state index contributed by atoms with van der Waals surface area (Å²) in [4.78, 5) is 35.2. The minimum atomic E-state index is -0.675. The second kappa shape index (κ2) is 5.81. The summed E-state index contributed by atoms with van der Waals surface area (Å²) < 4.78 is 5.00. The fourth-order valence-electron chi connectivity index (χ4n) is 1.51. The topological polar surface area (TPSA) is 88.1 Å². The van der Waals surface area contributed by atoms with Crippen LogP contribution in [0.1, 0.15) is 40.5 Å². The van der Waals surface area contributed by atoms with E-state index in [2.05, 4.69) is 10.5 Å². The van der Waals surface area contributed by atoms with Crippen LogP contribution in [0.2, 0.25) is 0 Å². The molecule has 0 radical (unpaired) electrons. The lowest BCUT2D eigenvalue weighted by Crippen LogP contribution is -2.35. The normalized spacial score (nSPS) is 16.8. The van der Waals surface area contributed by atoms with Crippen molar-refractivity contribution in [2.75, 3.05) is 6.54 Å². The predicted molar refractivity (Wildman–Crippen MR) is 68.4 cm³/mol. The first-order valence-electron chi connectivity index (χ1n) is 6.04. The Bertz CT molecular complexity index is 407. The smallest absolute Gasteiger partial charge is 0.428 e. The summed E-state index contributed by atoms with van der Waals surface area (Å²) in [5.41, 5.74) is 2.07. The van der Waals surface area contributed by atoms with Gasteiger partial charge in [-0.25, -0.2) is 10.2 Å². The van der Waals surface area contributed by atoms with Crippen LogP contribution in [0.4, 0.5) is 4.79 Å². The molecule has 1 aliphatic rings. The quantitative estimate of drug-likeness (QED) is 0.471. The highest BCUT2D eigenvalue weighted by molar-refractivity contribution is 6.05. The maximum atomic E-state index is 11.4. The molecule has 1 N–H and O–H groups in total. The monoisotopic (exact) mass is 269 g/mol. The number of hydrogen-bond acceptors (Lipinski definition) is 5. The molecular weight excluding hydrogens is 250 g/mol. The summed E-state index contributed by atoms with van der Waals surface area (Å²) in [5, 5.41) is 3.79. The number of likely N-dealkylation sites (tertiary alicyclic amines) is 1. The number of nitrogens with zero attached hydrogens (tertiary/aromatic N) is 2. The van der Waals surface area contributed by atoms with Crippen molar-refractivity contribution in [3.8, 4) is 0 Å². The highest BCUT2D eigenvalue weighted by Crippen LogP contribution is 2.11. The van der Waals surface area contributed by atoms with Crippen LogP contribution < -0.4 is 5.43 Å². The van der Waals surface area contributed by atoms with Gasteiger partial charge in [0.15, 0.2) is 0 Å². The van der Waals surface area contributed by atoms with Crippen molar-refractivity contribution < 1.29 is 19.1 Å². The van der Waals surface area contributed by atoms with E-state index in [0.717, 1.165) is 4.90 Å². The van der Waals surface area contributed by atoms with Gasteiger partial charge >= 0.3 is 6.09 Å². The van der Waals surface area contributed by atoms with E-state index in [1.165, 1.54) is 0 Å². The molecule has 0 aromatic heterocycles. The van der Waals surface area contributed by atoms with E-state index in [9.17, 15) is 14.4 Å². The maximum absolute atomic E-state index is 11.4. The van der Waals surface area contributed by atoms with Gasteiger partial charge in [0, 0.05) is 12.8 Å². The van der Waals surface area contributed by atoms with E-state index in [4.69, 9.17) is 4.74 Å². The van der Waals surface area contributed by atoms with Crippen molar-refractivity contribution in [1.29, 1.82) is 0 Å². The minimum Gasteiger partial charge on any atom is -0.443 e. The van der Waals surface area contributed by atoms with Crippen LogP contribution in [0, 0.1) is 0 Å². The molecule has 7 nitrogen and oxygen atoms in total. The number of ether oxygens (including phenoxy) is 1. The highest BCUT2D eigenvalue weighted by atomic mass is 16.6. The van der Waals surface area contributed by atoms with Gasteiger partial charge in [0.05, 0.1) is 12.3 Å². The van der Waals surface area contributed by atoms with Gasteiger partial charge in [-0.1, -0.05) is 0 Å². The number of carbonyl (C=O) groups is 3. The summed E-state index contributed by atoms with van der Waals surface area (Å²) >= 11 is 0. The Morgan fingerprint density at radius 2 is 1.84 bits per heavy atom. The first-order valence-corrected chi connectivity index (χ1v) is 6.04. The van der Waals surface area contributed by atoms with Crippen LogP contribution in [0.15, 0.2) is 5.10 Å². The third kappa shape index (κ3) is 5.07. The largest absolute Gasteiger partial charge is 0.443 e. The maximum Gasteiger partial charge on any atom is 0.428 e. The van der Waals surface area contributed by atoms with Crippen LogP contribution in [0.3, 0.4) is 0 Å². The van der Waals surface area contributed by atoms with Gasteiger partial charge < -0.3 is 4.74 Å². The number of nitrogens with one attached hydrogen (secondary N) is 1. The van der Waals surface area contributed by atoms with Crippen molar-refractivity contribution in [1.82, 2.24) is 10.3 Å². The van der Waals surface area contributed by atoms with Crippen LogP contribution >= 0.6 is 0 Å². The van der Waals surface area contributed by atoms with Crippen LogP contribution in [-0.4, -0.2) is 40.7 Å². The number of hydrazone groups is 1. The van der Waals surface area contributed by atoms with E-state index in [-0.39, 0.29) is 31.2 Å². The molecule has 0 atom stereocenters. The zero-order valence-electron chi connectivity index (χ0n) is 11.6. The lowest BCUT2D eigenvalue weighted by molar-refractivity contribution is -0.137. The summed E-state index contributed by atoms with van der Waals surface area (Å²) in [5.74, 6) is -0.423. The molecule has 1 rings (SSSR count). The number of imide groups is 1. The number of hydrogen-bond donors (Lipinski definition) is 1. The van der Waals surface area contributed by atoms with E-state index in [1.54, 1.807) is 27.7 Å². The SMILES string of the molecule is C/C(CN1C(=O)CCC1=O)=N/NC(=O)OC(C)(C)C. The van der Waals surface area contributed by atoms with Crippen molar-refractivity contribution in [2.24, 2.45) is 5.10 Å². The second-order valence-corrected chi connectivity index (χ2v) is 5.33. The van der Waals surface area contributed by atoms with E-state index in [1.807, 2.05) is 0 Å². The Morgan fingerprint density at radius 3 is 2.32 bits per heavy atom. The molecule has 0 unspecified atom stereocenters. The van der Waals surface area contributed by atoms with Crippen LogP contribution in [-0.2, 0) is 14.3 Å². The van der Waals surface area contributed by atoms with Gasteiger partial charge in [-0.05, 0) is 27.7 Å². The molecule has 0 spiro atoms. The molecule has 0 aromatic rings. The lowest BCUT2D eigenvalue weighted by Gasteiger charge is -2.19. The van der Waals surface area contributed by atoms with E-state index >= 15 is 0 Å². The molecule has 3 amide bonds. The van der Waals surface area contributed by atoms with Crippen LogP contribution in [0.5, 0.6) is 0 Å². The first kappa shape index (κ1) is 15.1. The van der Waals surface area contributed by atoms with Gasteiger partial charge in [0.1, 0.15) is 5.60 Å². The molecule has 7 heteroatoms. The Balaban J connectivity index is 2.47. The Labute approximate surface area is 112 Å². The molecule has 1 fully saturated rings. The van der Waals surface area contributed by atoms with Crippen molar-refractivity contribution in [3.63, 3.8) is 0 Å². The average Bonchev–Trinajstić information content (AvgIpc) is 2.56. The fourth-order valence-corrected chi connectivity index (χ4v) is 1.51. The van der Waals surface area contributed by atoms with Crippen LogP contribution in [0.25, 0.3) is 0 Å². The molecular formula is C12H19N3O4. The van der Waals surface area contributed by atoms with Crippen molar-refractivity contribution in [3.05, 3.63) is 0 Å². The van der Waals surface area contributed by atoms with Gasteiger partial charge in [-0.15, -0.1) is 0 Å². The molecule has 0 saturated carbocycles. The zero-order valence-corrected chi connectivity index (χ0v) is 11.6. The zero-order chi connectivity index (χ0) is 14.6. The fraction of sp³-hybridized carbons (Fsp3) is 0.667. The summed E-state index contributed by atoms with van der Waals surface area (Å²) in [7, 11) is 0. The Kier molecular flexibility index (Phi) is 4.63. The van der Waals surface area contributed by atoms with Gasteiger partial charge in [0.25, 0.3) is 0 Å². The molecule has 0 aliphatic carbocycles. The van der Waals surface area contributed by atoms with Crippen molar-refractivity contribution in [2.45, 2.75) is 46.1 Å². The van der Waals surface area contributed by atoms with Crippen molar-refractivity contribution >= 4 is 23.6 Å². The number of carbonyl (C=O) groups excluding carboxylic acids is 3. The first-order chi connectivity index (χ1) is 8.69. The van der Waals surface area contributed by atoms with Gasteiger partial charge in [0.2, 0.25) is 11.8 Å². The molecule has 106 valence electrons. The molecule has 19 heavy (non-hydrogen) atoms. The minimum absolute atomic E-state index is 0.0907. The third-order valence-electron chi connectivity index (χ3n) is 2.28. The molecule has 1 aliphatic heterocycles. The molecule has 0 bridgehead atoms. The predicted octanol–water partition coefficient (Wildman–Crippen LogP) is 1.04. The second-order valence-electron chi connectivity index (χ2n) is 5.33. The standard InChI is InChI=1S/C12H19N3O4/c1-8(7-15-9(16)5-6-10(15)17)13-14-11(18)19-12(2,3)4/h5-7H2,1-4H3,(H,14,18)/b13-8-. The van der Waals surface area contributed by atoms with Gasteiger partial charge in [-0.3, -0.25) is 14.5 Å². The summed E-state index contributed by atoms with van der Waals surface area (Å²) in [6.07, 6.45) is -0.192. The Hall–Kier alpha value is -1.92. The number of amides is 3. The van der Waals surface area contributed by atoms with E-state index in [0.29, 0.717) is 5.71 Å². The molecule has 1 heterocycles. The summed E-state index contributed by atoms with van der Waals surface area (Å²) in [6, 6.07) is 0. The average molecular weight is 269 g/mol. The van der Waals surface area contributed by atoms with E-state index < -0.39 is 11.7 Å². The number of rotatable bonds is 3. The molecule has 1 saturated heterocycles. The summed E-state index contributed by atoms with van der Waals surface area (Å²) in [6.45, 7) is 6.93. The van der Waals surface area contributed by atoms with Gasteiger partial charge in [-0.2, -0.15) is 5.10 Å². The lowest BCUT2D eigenvalue weighted by atomic mass is 10.2. The molecule has 0 aromatic carbocycles.